The predicted octanol–water partition coefficient (Wildman–Crippen LogP) is 3.66. The van der Waals surface area contributed by atoms with Crippen molar-refractivity contribution in [1.29, 1.82) is 0 Å². The summed E-state index contributed by atoms with van der Waals surface area (Å²) in [5.41, 5.74) is 3.05. The van der Waals surface area contributed by atoms with Crippen molar-refractivity contribution < 1.29 is 14.3 Å². The molecule has 1 aromatic carbocycles. The maximum atomic E-state index is 12.5. The molecule has 0 radical (unpaired) electrons. The van der Waals surface area contributed by atoms with E-state index in [2.05, 4.69) is 10.3 Å². The zero-order valence-corrected chi connectivity index (χ0v) is 15.0. The number of amides is 2. The van der Waals surface area contributed by atoms with Gasteiger partial charge in [0.05, 0.1) is 12.3 Å². The Balaban J connectivity index is 2.16. The fourth-order valence-electron chi connectivity index (χ4n) is 2.35. The Bertz CT molecular complexity index is 774. The Morgan fingerprint density at radius 1 is 1.28 bits per heavy atom. The van der Waals surface area contributed by atoms with Gasteiger partial charge in [-0.3, -0.25) is 9.78 Å². The molecule has 0 spiro atoms. The van der Waals surface area contributed by atoms with E-state index in [1.165, 1.54) is 6.92 Å². The van der Waals surface area contributed by atoms with Crippen LogP contribution in [0.2, 0.25) is 0 Å². The number of anilines is 1. The van der Waals surface area contributed by atoms with E-state index >= 15 is 0 Å². The van der Waals surface area contributed by atoms with E-state index in [-0.39, 0.29) is 11.8 Å². The van der Waals surface area contributed by atoms with Crippen LogP contribution in [0, 0.1) is 6.92 Å². The van der Waals surface area contributed by atoms with Gasteiger partial charge in [-0.15, -0.1) is 0 Å². The first-order valence-electron chi connectivity index (χ1n) is 8.11. The van der Waals surface area contributed by atoms with Gasteiger partial charge in [-0.25, -0.2) is 4.79 Å². The summed E-state index contributed by atoms with van der Waals surface area (Å²) < 4.78 is 5.54. The first kappa shape index (κ1) is 18.4. The molecule has 132 valence electrons. The smallest absolute Gasteiger partial charge is 0.321 e. The molecule has 25 heavy (non-hydrogen) atoms. The van der Waals surface area contributed by atoms with E-state index in [1.807, 2.05) is 19.9 Å². The number of rotatable bonds is 6. The number of ether oxygens (including phenoxy) is 1. The highest BCUT2D eigenvalue weighted by Crippen LogP contribution is 2.26. The average Bonchev–Trinajstić information content (AvgIpc) is 2.58. The molecule has 0 aliphatic heterocycles. The van der Waals surface area contributed by atoms with Crippen LogP contribution in [0.5, 0.6) is 5.75 Å². The zero-order chi connectivity index (χ0) is 18.4. The van der Waals surface area contributed by atoms with Crippen molar-refractivity contribution in [3.05, 3.63) is 53.3 Å². The Morgan fingerprint density at radius 2 is 2.04 bits per heavy atom. The summed E-state index contributed by atoms with van der Waals surface area (Å²) in [5, 5.41) is 2.82. The van der Waals surface area contributed by atoms with E-state index in [0.717, 1.165) is 11.1 Å². The van der Waals surface area contributed by atoms with Gasteiger partial charge in [0.15, 0.2) is 5.78 Å². The summed E-state index contributed by atoms with van der Waals surface area (Å²) >= 11 is 0. The Morgan fingerprint density at radius 3 is 2.68 bits per heavy atom. The lowest BCUT2D eigenvalue weighted by Crippen LogP contribution is -2.31. The topological polar surface area (TPSA) is 71.5 Å². The van der Waals surface area contributed by atoms with Crippen LogP contribution < -0.4 is 10.1 Å². The number of urea groups is 1. The zero-order valence-electron chi connectivity index (χ0n) is 15.0. The molecule has 0 aliphatic carbocycles. The van der Waals surface area contributed by atoms with Crippen molar-refractivity contribution in [2.24, 2.45) is 0 Å². The van der Waals surface area contributed by atoms with Crippen molar-refractivity contribution in [2.45, 2.75) is 27.3 Å². The highest BCUT2D eigenvalue weighted by molar-refractivity contribution is 5.97. The van der Waals surface area contributed by atoms with Crippen LogP contribution in [0.3, 0.4) is 0 Å². The van der Waals surface area contributed by atoms with Gasteiger partial charge in [0, 0.05) is 31.5 Å². The summed E-state index contributed by atoms with van der Waals surface area (Å²) in [7, 11) is 1.71. The number of pyridine rings is 1. The predicted molar refractivity (Wildman–Crippen MR) is 97.1 cm³/mol. The molecule has 2 aromatic rings. The second-order valence-electron chi connectivity index (χ2n) is 5.79. The summed E-state index contributed by atoms with van der Waals surface area (Å²) in [4.78, 5) is 29.7. The molecule has 1 N–H and O–H groups in total. The summed E-state index contributed by atoms with van der Waals surface area (Å²) in [5.74, 6) is 0.466. The van der Waals surface area contributed by atoms with Crippen LogP contribution in [-0.4, -0.2) is 35.4 Å². The summed E-state index contributed by atoms with van der Waals surface area (Å²) in [6.45, 7) is 6.23. The number of aryl methyl sites for hydroxylation is 1. The SMILES string of the molecule is CCOc1ccc(C(C)=O)cc1NC(=O)N(C)Cc1ccncc1C. The van der Waals surface area contributed by atoms with Gasteiger partial charge in [0.1, 0.15) is 5.75 Å². The number of benzene rings is 1. The molecular weight excluding hydrogens is 318 g/mol. The number of carbonyl (C=O) groups excluding carboxylic acids is 2. The molecule has 2 rings (SSSR count). The maximum Gasteiger partial charge on any atom is 0.321 e. The van der Waals surface area contributed by atoms with Gasteiger partial charge >= 0.3 is 6.03 Å². The van der Waals surface area contributed by atoms with Crippen LogP contribution in [-0.2, 0) is 6.54 Å². The molecule has 0 saturated heterocycles. The number of hydrogen-bond acceptors (Lipinski definition) is 4. The first-order valence-corrected chi connectivity index (χ1v) is 8.11. The molecular formula is C19H23N3O3. The third-order valence-corrected chi connectivity index (χ3v) is 3.82. The molecule has 6 nitrogen and oxygen atoms in total. The molecule has 0 bridgehead atoms. The van der Waals surface area contributed by atoms with Gasteiger partial charge in [0.25, 0.3) is 0 Å². The van der Waals surface area contributed by atoms with Crippen LogP contribution in [0.15, 0.2) is 36.7 Å². The Kier molecular flexibility index (Phi) is 6.11. The molecule has 6 heteroatoms. The molecule has 0 saturated carbocycles. The monoisotopic (exact) mass is 341 g/mol. The Labute approximate surface area is 147 Å². The minimum absolute atomic E-state index is 0.0701. The molecule has 1 aromatic heterocycles. The van der Waals surface area contributed by atoms with Crippen molar-refractivity contribution in [2.75, 3.05) is 19.0 Å². The quantitative estimate of drug-likeness (QED) is 0.814. The molecule has 0 atom stereocenters. The lowest BCUT2D eigenvalue weighted by Gasteiger charge is -2.20. The lowest BCUT2D eigenvalue weighted by molar-refractivity contribution is 0.101. The normalized spacial score (nSPS) is 10.2. The van der Waals surface area contributed by atoms with Crippen LogP contribution in [0.1, 0.15) is 35.3 Å². The summed E-state index contributed by atoms with van der Waals surface area (Å²) in [6, 6.07) is 6.63. The number of aromatic nitrogens is 1. The third-order valence-electron chi connectivity index (χ3n) is 3.82. The average molecular weight is 341 g/mol. The highest BCUT2D eigenvalue weighted by Gasteiger charge is 2.15. The number of Topliss-reactive ketones (excluding diaryl/α,β-unsaturated/α-hetero) is 1. The molecule has 2 amide bonds. The number of nitrogens with zero attached hydrogens (tertiary/aromatic N) is 2. The van der Waals surface area contributed by atoms with Gasteiger partial charge < -0.3 is 15.0 Å². The minimum atomic E-state index is -0.280. The van der Waals surface area contributed by atoms with Crippen LogP contribution in [0.4, 0.5) is 10.5 Å². The maximum absolute atomic E-state index is 12.5. The standard InChI is InChI=1S/C19H23N3O3/c1-5-25-18-7-6-15(14(3)23)10-17(18)21-19(24)22(4)12-16-8-9-20-11-13(16)2/h6-11H,5,12H2,1-4H3,(H,21,24). The third kappa shape index (κ3) is 4.79. The van der Waals surface area contributed by atoms with Gasteiger partial charge in [-0.05, 0) is 56.2 Å². The van der Waals surface area contributed by atoms with E-state index in [4.69, 9.17) is 4.74 Å². The number of nitrogens with one attached hydrogen (secondary N) is 1. The van der Waals surface area contributed by atoms with Gasteiger partial charge in [-0.2, -0.15) is 0 Å². The molecule has 1 heterocycles. The van der Waals surface area contributed by atoms with Gasteiger partial charge in [-0.1, -0.05) is 0 Å². The largest absolute Gasteiger partial charge is 0.492 e. The fourth-order valence-corrected chi connectivity index (χ4v) is 2.35. The van der Waals surface area contributed by atoms with Crippen molar-refractivity contribution in [3.63, 3.8) is 0 Å². The van der Waals surface area contributed by atoms with Crippen LogP contribution in [0.25, 0.3) is 0 Å². The second kappa shape index (κ2) is 8.28. The van der Waals surface area contributed by atoms with E-state index in [0.29, 0.717) is 30.2 Å². The molecule has 0 aliphatic rings. The first-order chi connectivity index (χ1) is 11.9. The van der Waals surface area contributed by atoms with Crippen LogP contribution >= 0.6 is 0 Å². The molecule has 0 unspecified atom stereocenters. The van der Waals surface area contributed by atoms with Crippen molar-refractivity contribution in [1.82, 2.24) is 9.88 Å². The Hall–Kier alpha value is -2.89. The van der Waals surface area contributed by atoms with E-state index in [9.17, 15) is 9.59 Å². The number of carbonyl (C=O) groups is 2. The van der Waals surface area contributed by atoms with E-state index in [1.54, 1.807) is 42.5 Å². The fraction of sp³-hybridized carbons (Fsp3) is 0.316. The number of ketones is 1. The summed E-state index contributed by atoms with van der Waals surface area (Å²) in [6.07, 6.45) is 3.47. The number of hydrogen-bond donors (Lipinski definition) is 1. The second-order valence-corrected chi connectivity index (χ2v) is 5.79. The molecule has 0 fully saturated rings. The highest BCUT2D eigenvalue weighted by atomic mass is 16.5. The van der Waals surface area contributed by atoms with Crippen molar-refractivity contribution >= 4 is 17.5 Å². The minimum Gasteiger partial charge on any atom is -0.492 e. The van der Waals surface area contributed by atoms with Gasteiger partial charge in [0.2, 0.25) is 0 Å². The lowest BCUT2D eigenvalue weighted by atomic mass is 10.1. The van der Waals surface area contributed by atoms with E-state index < -0.39 is 0 Å². The van der Waals surface area contributed by atoms with Crippen molar-refractivity contribution in [3.8, 4) is 5.75 Å².